The minimum Gasteiger partial charge on any atom is -0.392 e. The number of carbonyl (C=O) groups is 1. The highest BCUT2D eigenvalue weighted by atomic mass is 35.5. The van der Waals surface area contributed by atoms with Gasteiger partial charge in [-0.15, -0.1) is 0 Å². The lowest BCUT2D eigenvalue weighted by atomic mass is 10.1. The molecule has 0 atom stereocenters. The van der Waals surface area contributed by atoms with E-state index in [0.29, 0.717) is 29.1 Å². The van der Waals surface area contributed by atoms with Crippen LogP contribution in [0.5, 0.6) is 5.88 Å². The topological polar surface area (TPSA) is 43.3 Å². The first-order chi connectivity index (χ1) is 15.4. The first-order valence-electron chi connectivity index (χ1n) is 10.2. The second-order valence-electron chi connectivity index (χ2n) is 8.13. The van der Waals surface area contributed by atoms with Crippen molar-refractivity contribution in [2.24, 2.45) is 5.92 Å². The molecule has 1 N–H and O–H groups in total. The van der Waals surface area contributed by atoms with Crippen molar-refractivity contribution in [2.75, 3.05) is 0 Å². The van der Waals surface area contributed by atoms with Gasteiger partial charge in [0.2, 0.25) is 5.88 Å². The van der Waals surface area contributed by atoms with Crippen LogP contribution in [0.25, 0.3) is 11.1 Å². The molecule has 9 heteroatoms. The van der Waals surface area contributed by atoms with E-state index in [2.05, 4.69) is 5.32 Å². The molecule has 1 heterocycles. The molecular weight excluding hydrogens is 460 g/mol. The maximum absolute atomic E-state index is 13.6. The third-order valence-corrected chi connectivity index (χ3v) is 5.08. The highest BCUT2D eigenvalue weighted by Gasteiger charge is 2.31. The van der Waals surface area contributed by atoms with E-state index in [9.17, 15) is 22.4 Å². The maximum Gasteiger partial charge on any atom is 0.416 e. The number of halogens is 5. The van der Waals surface area contributed by atoms with Crippen LogP contribution < -0.4 is 10.1 Å². The van der Waals surface area contributed by atoms with Crippen LogP contribution in [0.1, 0.15) is 30.5 Å². The van der Waals surface area contributed by atoms with Gasteiger partial charge < -0.3 is 14.6 Å². The first kappa shape index (κ1) is 24.6. The summed E-state index contributed by atoms with van der Waals surface area (Å²) in [6, 6.07) is 9.18. The van der Waals surface area contributed by atoms with E-state index in [4.69, 9.17) is 16.3 Å². The summed E-state index contributed by atoms with van der Waals surface area (Å²) in [5, 5.41) is 2.96. The molecule has 3 rings (SSSR count). The summed E-state index contributed by atoms with van der Waals surface area (Å²) in [5.41, 5.74) is 1.21. The average Bonchev–Trinajstić information content (AvgIpc) is 3.00. The Kier molecular flexibility index (Phi) is 7.37. The summed E-state index contributed by atoms with van der Waals surface area (Å²) >= 11 is 5.99. The minimum absolute atomic E-state index is 0.0362. The molecule has 0 bridgehead atoms. The Bertz CT molecular complexity index is 1140. The lowest BCUT2D eigenvalue weighted by molar-refractivity contribution is -0.137. The molecule has 0 unspecified atom stereocenters. The molecule has 3 aromatic rings. The summed E-state index contributed by atoms with van der Waals surface area (Å²) in [7, 11) is 0. The fraction of sp³-hybridized carbons (Fsp3) is 0.292. The van der Waals surface area contributed by atoms with E-state index in [0.717, 1.165) is 23.3 Å². The van der Waals surface area contributed by atoms with Gasteiger partial charge in [0, 0.05) is 29.9 Å². The van der Waals surface area contributed by atoms with Gasteiger partial charge in [0.1, 0.15) is 5.82 Å². The van der Waals surface area contributed by atoms with Crippen LogP contribution in [0.4, 0.5) is 22.4 Å². The number of alkyl halides is 3. The zero-order chi connectivity index (χ0) is 24.3. The van der Waals surface area contributed by atoms with Crippen LogP contribution in [0.15, 0.2) is 48.7 Å². The number of hydrogen-bond donors (Lipinski definition) is 1. The lowest BCUT2D eigenvalue weighted by Gasteiger charge is -2.15. The van der Waals surface area contributed by atoms with Gasteiger partial charge in [0.25, 0.3) is 0 Å². The average molecular weight is 483 g/mol. The standard InChI is InChI=1S/C24H23ClF4N2O2/c1-14(2)12-31-13-15(3)21(17-4-6-19(25)7-5-17)22(31)33-23(32)30-11-16-8-18(24(27,28)29)10-20(26)9-16/h4-10,13-14H,11-12H2,1-3H3,(H,30,32). The van der Waals surface area contributed by atoms with Crippen molar-refractivity contribution in [2.45, 2.75) is 40.0 Å². The molecule has 0 radical (unpaired) electrons. The van der Waals surface area contributed by atoms with E-state index in [1.54, 1.807) is 24.3 Å². The number of hydrogen-bond acceptors (Lipinski definition) is 2. The molecule has 4 nitrogen and oxygen atoms in total. The maximum atomic E-state index is 13.6. The molecule has 0 aliphatic carbocycles. The van der Waals surface area contributed by atoms with Crippen molar-refractivity contribution in [1.29, 1.82) is 0 Å². The number of benzene rings is 2. The van der Waals surface area contributed by atoms with Crippen LogP contribution in [0, 0.1) is 18.7 Å². The molecule has 176 valence electrons. The molecule has 0 aliphatic rings. The van der Waals surface area contributed by atoms with Gasteiger partial charge in [-0.1, -0.05) is 37.6 Å². The Balaban J connectivity index is 1.84. The number of nitrogens with zero attached hydrogens (tertiary/aromatic N) is 1. The molecule has 1 amide bonds. The van der Waals surface area contributed by atoms with Crippen molar-refractivity contribution >= 4 is 17.7 Å². The van der Waals surface area contributed by atoms with E-state index >= 15 is 0 Å². The molecule has 0 aliphatic heterocycles. The van der Waals surface area contributed by atoms with Crippen molar-refractivity contribution in [1.82, 2.24) is 9.88 Å². The van der Waals surface area contributed by atoms with Crippen LogP contribution >= 0.6 is 11.6 Å². The lowest BCUT2D eigenvalue weighted by Crippen LogP contribution is -2.27. The molecule has 0 spiro atoms. The smallest absolute Gasteiger partial charge is 0.392 e. The molecule has 33 heavy (non-hydrogen) atoms. The first-order valence-corrected chi connectivity index (χ1v) is 10.6. The third kappa shape index (κ3) is 6.28. The molecular formula is C24H23ClF4N2O2. The quantitative estimate of drug-likeness (QED) is 0.377. The minimum atomic E-state index is -4.69. The number of ether oxygens (including phenoxy) is 1. The Morgan fingerprint density at radius 2 is 1.82 bits per heavy atom. The number of carbonyl (C=O) groups excluding carboxylic acids is 1. The van der Waals surface area contributed by atoms with E-state index in [1.807, 2.05) is 31.5 Å². The highest BCUT2D eigenvalue weighted by Crippen LogP contribution is 2.36. The third-order valence-electron chi connectivity index (χ3n) is 4.82. The van der Waals surface area contributed by atoms with Crippen LogP contribution in [-0.2, 0) is 19.3 Å². The Hall–Kier alpha value is -3.00. The van der Waals surface area contributed by atoms with Gasteiger partial charge in [0.15, 0.2) is 0 Å². The summed E-state index contributed by atoms with van der Waals surface area (Å²) in [4.78, 5) is 12.6. The number of aryl methyl sites for hydroxylation is 1. The largest absolute Gasteiger partial charge is 0.416 e. The molecule has 1 aromatic heterocycles. The highest BCUT2D eigenvalue weighted by molar-refractivity contribution is 6.30. The van der Waals surface area contributed by atoms with E-state index < -0.39 is 23.7 Å². The van der Waals surface area contributed by atoms with Crippen LogP contribution in [0.2, 0.25) is 5.02 Å². The zero-order valence-corrected chi connectivity index (χ0v) is 19.0. The number of amides is 1. The van der Waals surface area contributed by atoms with Gasteiger partial charge in [0.05, 0.1) is 5.56 Å². The van der Waals surface area contributed by atoms with E-state index in [-0.39, 0.29) is 18.0 Å². The predicted molar refractivity (Wildman–Crippen MR) is 119 cm³/mol. The SMILES string of the molecule is Cc1cn(CC(C)C)c(OC(=O)NCc2cc(F)cc(C(F)(F)F)c2)c1-c1ccc(Cl)cc1. The van der Waals surface area contributed by atoms with Gasteiger partial charge in [-0.2, -0.15) is 13.2 Å². The second kappa shape index (κ2) is 9.87. The van der Waals surface area contributed by atoms with Gasteiger partial charge in [-0.25, -0.2) is 9.18 Å². The normalized spacial score (nSPS) is 11.7. The number of nitrogens with one attached hydrogen (secondary N) is 1. The summed E-state index contributed by atoms with van der Waals surface area (Å²) < 4.78 is 59.8. The number of rotatable bonds is 6. The number of aromatic nitrogens is 1. The predicted octanol–water partition coefficient (Wildman–Crippen LogP) is 7.22. The van der Waals surface area contributed by atoms with Crippen molar-refractivity contribution in [3.63, 3.8) is 0 Å². The Labute approximate surface area is 194 Å². The van der Waals surface area contributed by atoms with Gasteiger partial charge in [-0.05, 0) is 59.9 Å². The zero-order valence-electron chi connectivity index (χ0n) is 18.3. The fourth-order valence-corrected chi connectivity index (χ4v) is 3.62. The molecule has 0 saturated heterocycles. The Morgan fingerprint density at radius 1 is 1.15 bits per heavy atom. The summed E-state index contributed by atoms with van der Waals surface area (Å²) in [6.45, 7) is 6.17. The monoisotopic (exact) mass is 482 g/mol. The van der Waals surface area contributed by atoms with E-state index in [1.165, 1.54) is 0 Å². The fourth-order valence-electron chi connectivity index (χ4n) is 3.49. The second-order valence-corrected chi connectivity index (χ2v) is 8.57. The van der Waals surface area contributed by atoms with Crippen molar-refractivity contribution in [3.05, 3.63) is 76.2 Å². The molecule has 0 fully saturated rings. The molecule has 0 saturated carbocycles. The van der Waals surface area contributed by atoms with Gasteiger partial charge in [-0.3, -0.25) is 0 Å². The van der Waals surface area contributed by atoms with Crippen LogP contribution in [-0.4, -0.2) is 10.7 Å². The molecule has 2 aromatic carbocycles. The van der Waals surface area contributed by atoms with Crippen LogP contribution in [0.3, 0.4) is 0 Å². The summed E-state index contributed by atoms with van der Waals surface area (Å²) in [5.74, 6) is -0.481. The Morgan fingerprint density at radius 3 is 2.42 bits per heavy atom. The van der Waals surface area contributed by atoms with Crippen molar-refractivity contribution < 1.29 is 27.1 Å². The van der Waals surface area contributed by atoms with Gasteiger partial charge >= 0.3 is 12.3 Å². The van der Waals surface area contributed by atoms with Crippen molar-refractivity contribution in [3.8, 4) is 17.0 Å². The summed E-state index contributed by atoms with van der Waals surface area (Å²) in [6.07, 6.45) is -3.69.